The van der Waals surface area contributed by atoms with Crippen LogP contribution in [0.25, 0.3) is 0 Å². The summed E-state index contributed by atoms with van der Waals surface area (Å²) in [5.74, 6) is 1.64. The Balaban J connectivity index is 1.53. The molecule has 6 nitrogen and oxygen atoms in total. The first-order chi connectivity index (χ1) is 15.5. The van der Waals surface area contributed by atoms with E-state index in [1.165, 1.54) is 18.2 Å². The van der Waals surface area contributed by atoms with Crippen LogP contribution in [0.5, 0.6) is 17.2 Å². The third-order valence-corrected chi connectivity index (χ3v) is 5.65. The van der Waals surface area contributed by atoms with Crippen LogP contribution >= 0.6 is 11.3 Å². The second-order valence-electron chi connectivity index (χ2n) is 7.66. The van der Waals surface area contributed by atoms with Crippen molar-refractivity contribution in [3.05, 3.63) is 76.0 Å². The molecular formula is C25H30N2O4S. The summed E-state index contributed by atoms with van der Waals surface area (Å²) in [7, 11) is 5.21. The molecule has 2 aromatic carbocycles. The Morgan fingerprint density at radius 2 is 1.84 bits per heavy atom. The van der Waals surface area contributed by atoms with Crippen molar-refractivity contribution in [2.45, 2.75) is 26.1 Å². The monoisotopic (exact) mass is 454 g/mol. The first-order valence-corrected chi connectivity index (χ1v) is 11.4. The van der Waals surface area contributed by atoms with Gasteiger partial charge in [-0.25, -0.2) is 0 Å². The van der Waals surface area contributed by atoms with Crippen LogP contribution in [0.3, 0.4) is 0 Å². The molecule has 32 heavy (non-hydrogen) atoms. The van der Waals surface area contributed by atoms with Gasteiger partial charge in [-0.15, -0.1) is 0 Å². The van der Waals surface area contributed by atoms with E-state index in [0.29, 0.717) is 23.6 Å². The fourth-order valence-electron chi connectivity index (χ4n) is 3.38. The Morgan fingerprint density at radius 1 is 1.03 bits per heavy atom. The minimum absolute atomic E-state index is 0.200. The van der Waals surface area contributed by atoms with Gasteiger partial charge in [-0.2, -0.15) is 11.3 Å². The van der Waals surface area contributed by atoms with E-state index in [1.54, 1.807) is 36.6 Å². The maximum absolute atomic E-state index is 12.6. The predicted molar refractivity (Wildman–Crippen MR) is 128 cm³/mol. The van der Waals surface area contributed by atoms with Gasteiger partial charge in [-0.3, -0.25) is 9.69 Å². The quantitative estimate of drug-likeness (QED) is 0.459. The number of nitrogens with one attached hydrogen (secondary N) is 1. The predicted octanol–water partition coefficient (Wildman–Crippen LogP) is 4.59. The summed E-state index contributed by atoms with van der Waals surface area (Å²) in [6.07, 6.45) is -0.200. The molecule has 0 bridgehead atoms. The van der Waals surface area contributed by atoms with Crippen LogP contribution in [0.2, 0.25) is 0 Å². The van der Waals surface area contributed by atoms with Crippen molar-refractivity contribution in [1.29, 1.82) is 0 Å². The number of hydrogen-bond donors (Lipinski definition) is 1. The van der Waals surface area contributed by atoms with Crippen molar-refractivity contribution in [3.8, 4) is 17.2 Å². The van der Waals surface area contributed by atoms with Gasteiger partial charge in [0.2, 0.25) is 0 Å². The van der Waals surface area contributed by atoms with Crippen LogP contribution in [-0.4, -0.2) is 44.7 Å². The fourth-order valence-corrected chi connectivity index (χ4v) is 4.04. The molecule has 0 aliphatic rings. The second kappa shape index (κ2) is 11.5. The third kappa shape index (κ3) is 6.73. The highest BCUT2D eigenvalue weighted by Crippen LogP contribution is 2.24. The molecule has 1 aromatic heterocycles. The largest absolute Gasteiger partial charge is 0.497 e. The van der Waals surface area contributed by atoms with Gasteiger partial charge in [0.05, 0.1) is 26.3 Å². The Kier molecular flexibility index (Phi) is 8.53. The van der Waals surface area contributed by atoms with E-state index in [9.17, 15) is 4.79 Å². The zero-order chi connectivity index (χ0) is 22.9. The number of amides is 1. The van der Waals surface area contributed by atoms with Crippen molar-refractivity contribution >= 4 is 17.2 Å². The summed E-state index contributed by atoms with van der Waals surface area (Å²) in [6, 6.07) is 15.4. The molecule has 7 heteroatoms. The molecule has 0 saturated carbocycles. The van der Waals surface area contributed by atoms with Crippen molar-refractivity contribution in [2.24, 2.45) is 0 Å². The van der Waals surface area contributed by atoms with Crippen LogP contribution < -0.4 is 19.5 Å². The number of hydrogen-bond acceptors (Lipinski definition) is 6. The zero-order valence-electron chi connectivity index (χ0n) is 19.0. The van der Waals surface area contributed by atoms with Gasteiger partial charge < -0.3 is 19.5 Å². The molecule has 0 aliphatic heterocycles. The molecule has 1 N–H and O–H groups in total. The van der Waals surface area contributed by atoms with Crippen LogP contribution in [0.1, 0.15) is 28.4 Å². The lowest BCUT2D eigenvalue weighted by Gasteiger charge is -2.19. The molecule has 0 radical (unpaired) electrons. The van der Waals surface area contributed by atoms with E-state index >= 15 is 0 Å². The molecule has 0 fully saturated rings. The van der Waals surface area contributed by atoms with Gasteiger partial charge in [0.25, 0.3) is 5.91 Å². The molecule has 1 atom stereocenters. The molecule has 0 spiro atoms. The van der Waals surface area contributed by atoms with Gasteiger partial charge in [0.1, 0.15) is 23.4 Å². The van der Waals surface area contributed by atoms with Gasteiger partial charge in [-0.1, -0.05) is 12.1 Å². The smallest absolute Gasteiger partial charge is 0.255 e. The third-order valence-electron chi connectivity index (χ3n) is 4.92. The highest BCUT2D eigenvalue weighted by molar-refractivity contribution is 7.07. The Bertz CT molecular complexity index is 1010. The minimum Gasteiger partial charge on any atom is -0.497 e. The van der Waals surface area contributed by atoms with Gasteiger partial charge in [0, 0.05) is 13.1 Å². The number of ether oxygens (including phenoxy) is 3. The number of carbonyl (C=O) groups excluding carboxylic acids is 1. The number of thiophene rings is 1. The summed E-state index contributed by atoms with van der Waals surface area (Å²) in [6.45, 7) is 4.03. The number of benzene rings is 2. The minimum atomic E-state index is -0.236. The molecule has 3 aromatic rings. The molecule has 0 saturated heterocycles. The summed E-state index contributed by atoms with van der Waals surface area (Å²) in [5, 5.41) is 7.18. The fraction of sp³-hybridized carbons (Fsp3) is 0.320. The Labute approximate surface area is 193 Å². The summed E-state index contributed by atoms with van der Waals surface area (Å²) in [5.41, 5.74) is 2.93. The van der Waals surface area contributed by atoms with Crippen molar-refractivity contribution in [2.75, 3.05) is 27.8 Å². The van der Waals surface area contributed by atoms with Crippen molar-refractivity contribution in [1.82, 2.24) is 10.2 Å². The number of methoxy groups -OCH3 is 2. The van der Waals surface area contributed by atoms with Crippen LogP contribution in [-0.2, 0) is 13.1 Å². The van der Waals surface area contributed by atoms with Crippen LogP contribution in [0, 0.1) is 0 Å². The molecular weight excluding hydrogens is 424 g/mol. The van der Waals surface area contributed by atoms with Gasteiger partial charge in [0.15, 0.2) is 0 Å². The van der Waals surface area contributed by atoms with Gasteiger partial charge >= 0.3 is 0 Å². The molecule has 1 heterocycles. The Hall–Kier alpha value is -3.03. The van der Waals surface area contributed by atoms with E-state index in [0.717, 1.165) is 18.8 Å². The number of carbonyl (C=O) groups is 1. The highest BCUT2D eigenvalue weighted by Gasteiger charge is 2.15. The topological polar surface area (TPSA) is 60.0 Å². The average Bonchev–Trinajstić information content (AvgIpc) is 3.30. The lowest BCUT2D eigenvalue weighted by Crippen LogP contribution is -2.33. The average molecular weight is 455 g/mol. The Morgan fingerprint density at radius 3 is 2.56 bits per heavy atom. The van der Waals surface area contributed by atoms with E-state index in [2.05, 4.69) is 40.2 Å². The standard InChI is InChI=1S/C25H30N2O4S/c1-18(14-26-25(28)23-13-21(29-3)8-9-24(23)30-4)31-22-7-5-6-19(12-22)15-27(2)16-20-10-11-32-17-20/h5-13,17-18H,14-16H2,1-4H3,(H,26,28)/t18-/m1/s1. The normalized spacial score (nSPS) is 11.8. The summed E-state index contributed by atoms with van der Waals surface area (Å²) in [4.78, 5) is 14.9. The SMILES string of the molecule is COc1ccc(OC)c(C(=O)NC[C@@H](C)Oc2cccc(CN(C)Cc3ccsc3)c2)c1. The van der Waals surface area contributed by atoms with E-state index in [1.807, 2.05) is 25.1 Å². The maximum atomic E-state index is 12.6. The molecule has 3 rings (SSSR count). The van der Waals surface area contributed by atoms with E-state index in [-0.39, 0.29) is 12.0 Å². The lowest BCUT2D eigenvalue weighted by atomic mass is 10.1. The number of rotatable bonds is 11. The zero-order valence-corrected chi connectivity index (χ0v) is 19.8. The molecule has 170 valence electrons. The van der Waals surface area contributed by atoms with Crippen LogP contribution in [0.4, 0.5) is 0 Å². The van der Waals surface area contributed by atoms with Crippen molar-refractivity contribution < 1.29 is 19.0 Å². The molecule has 1 amide bonds. The first-order valence-electron chi connectivity index (χ1n) is 10.4. The second-order valence-corrected chi connectivity index (χ2v) is 8.44. The van der Waals surface area contributed by atoms with E-state index in [4.69, 9.17) is 14.2 Å². The lowest BCUT2D eigenvalue weighted by molar-refractivity contribution is 0.0928. The van der Waals surface area contributed by atoms with Gasteiger partial charge in [-0.05, 0) is 72.3 Å². The summed E-state index contributed by atoms with van der Waals surface area (Å²) < 4.78 is 16.6. The molecule has 0 unspecified atom stereocenters. The van der Waals surface area contributed by atoms with E-state index < -0.39 is 0 Å². The first kappa shape index (κ1) is 23.6. The molecule has 0 aliphatic carbocycles. The number of nitrogens with zero attached hydrogens (tertiary/aromatic N) is 1. The van der Waals surface area contributed by atoms with Crippen molar-refractivity contribution in [3.63, 3.8) is 0 Å². The van der Waals surface area contributed by atoms with Crippen LogP contribution in [0.15, 0.2) is 59.3 Å². The maximum Gasteiger partial charge on any atom is 0.255 e. The summed E-state index contributed by atoms with van der Waals surface area (Å²) >= 11 is 1.72. The highest BCUT2D eigenvalue weighted by atomic mass is 32.1.